The molecule has 1 amide bonds. The van der Waals surface area contributed by atoms with Crippen LogP contribution >= 0.6 is 0 Å². The number of anilines is 1. The summed E-state index contributed by atoms with van der Waals surface area (Å²) < 4.78 is 8.26. The summed E-state index contributed by atoms with van der Waals surface area (Å²) in [5, 5.41) is 9.68. The molecule has 5 rings (SSSR count). The van der Waals surface area contributed by atoms with Crippen LogP contribution in [0.15, 0.2) is 24.7 Å². The SMILES string of the molecule is Cn1c(-c2ccc(N3CCCC3)nc2)nc2c(OC3CCN(C(=O)O)C3C(C)(C)C)ncnc21. The van der Waals surface area contributed by atoms with Gasteiger partial charge in [0, 0.05) is 44.9 Å². The normalized spacial score (nSPS) is 20.9. The lowest BCUT2D eigenvalue weighted by molar-refractivity contribution is 0.0558. The third-order valence-corrected chi connectivity index (χ3v) is 6.80. The summed E-state index contributed by atoms with van der Waals surface area (Å²) in [6.45, 7) is 8.61. The van der Waals surface area contributed by atoms with E-state index in [4.69, 9.17) is 9.72 Å². The molecule has 2 fully saturated rings. The van der Waals surface area contributed by atoms with E-state index in [0.29, 0.717) is 30.0 Å². The van der Waals surface area contributed by atoms with E-state index in [9.17, 15) is 9.90 Å². The number of hydrogen-bond donors (Lipinski definition) is 1. The van der Waals surface area contributed by atoms with E-state index < -0.39 is 6.09 Å². The second kappa shape index (κ2) is 8.41. The number of amides is 1. The zero-order chi connectivity index (χ0) is 24.0. The molecule has 5 heterocycles. The summed E-state index contributed by atoms with van der Waals surface area (Å²) in [6.07, 6.45) is 5.08. The van der Waals surface area contributed by atoms with Gasteiger partial charge in [0.25, 0.3) is 0 Å². The predicted octanol–water partition coefficient (Wildman–Crippen LogP) is 3.57. The number of pyridine rings is 1. The molecular formula is C24H31N7O3. The number of rotatable bonds is 4. The molecule has 0 aliphatic carbocycles. The lowest BCUT2D eigenvalue weighted by Gasteiger charge is -2.36. The van der Waals surface area contributed by atoms with E-state index >= 15 is 0 Å². The Labute approximate surface area is 198 Å². The Kier molecular flexibility index (Phi) is 5.53. The molecule has 10 nitrogen and oxygen atoms in total. The first kappa shape index (κ1) is 22.4. The molecule has 0 radical (unpaired) electrons. The summed E-state index contributed by atoms with van der Waals surface area (Å²) >= 11 is 0. The second-order valence-electron chi connectivity index (χ2n) is 10.2. The van der Waals surface area contributed by atoms with Crippen molar-refractivity contribution < 1.29 is 14.6 Å². The Morgan fingerprint density at radius 2 is 1.88 bits per heavy atom. The number of carboxylic acid groups (broad SMARTS) is 1. The molecule has 3 aromatic heterocycles. The second-order valence-corrected chi connectivity index (χ2v) is 10.2. The van der Waals surface area contributed by atoms with Crippen molar-refractivity contribution in [2.75, 3.05) is 24.5 Å². The average molecular weight is 466 g/mol. The molecule has 2 aliphatic rings. The molecule has 3 aromatic rings. The number of aromatic nitrogens is 5. The first-order valence-corrected chi connectivity index (χ1v) is 11.8. The number of ether oxygens (including phenoxy) is 1. The first-order valence-electron chi connectivity index (χ1n) is 11.8. The standard InChI is InChI=1S/C24H31N7O3/c1-24(2,3)19-16(9-12-31(19)23(32)33)34-22-18-21(26-14-27-22)29(4)20(28-18)15-7-8-17(25-13-15)30-10-5-6-11-30/h7-8,13-14,16,19H,5-6,9-12H2,1-4H3,(H,32,33). The van der Waals surface area contributed by atoms with Crippen LogP contribution in [0.1, 0.15) is 40.0 Å². The number of likely N-dealkylation sites (tertiary alicyclic amines) is 1. The highest BCUT2D eigenvalue weighted by Gasteiger charge is 2.45. The van der Waals surface area contributed by atoms with Crippen LogP contribution in [0, 0.1) is 5.41 Å². The molecule has 2 atom stereocenters. The van der Waals surface area contributed by atoms with E-state index in [2.05, 4.69) is 19.9 Å². The lowest BCUT2D eigenvalue weighted by atomic mass is 9.84. The van der Waals surface area contributed by atoms with Gasteiger partial charge in [-0.2, -0.15) is 4.98 Å². The van der Waals surface area contributed by atoms with Gasteiger partial charge in [0.2, 0.25) is 5.88 Å². The van der Waals surface area contributed by atoms with Crippen LogP contribution in [-0.4, -0.2) is 72.4 Å². The minimum Gasteiger partial charge on any atom is -0.470 e. The Balaban J connectivity index is 1.46. The van der Waals surface area contributed by atoms with Crippen molar-refractivity contribution in [1.82, 2.24) is 29.4 Å². The van der Waals surface area contributed by atoms with E-state index in [1.807, 2.05) is 50.7 Å². The molecule has 34 heavy (non-hydrogen) atoms. The lowest BCUT2D eigenvalue weighted by Crippen LogP contribution is -2.48. The van der Waals surface area contributed by atoms with Crippen LogP contribution in [0.2, 0.25) is 0 Å². The number of nitrogens with zero attached hydrogens (tertiary/aromatic N) is 7. The number of imidazole rings is 1. The summed E-state index contributed by atoms with van der Waals surface area (Å²) in [6, 6.07) is 3.78. The van der Waals surface area contributed by atoms with Crippen molar-refractivity contribution in [1.29, 1.82) is 0 Å². The van der Waals surface area contributed by atoms with Crippen molar-refractivity contribution in [2.45, 2.75) is 52.2 Å². The van der Waals surface area contributed by atoms with Gasteiger partial charge in [-0.1, -0.05) is 20.8 Å². The molecule has 10 heteroatoms. The largest absolute Gasteiger partial charge is 0.470 e. The van der Waals surface area contributed by atoms with Gasteiger partial charge in [0.1, 0.15) is 24.1 Å². The first-order chi connectivity index (χ1) is 16.2. The van der Waals surface area contributed by atoms with Crippen molar-refractivity contribution in [3.8, 4) is 17.3 Å². The summed E-state index contributed by atoms with van der Waals surface area (Å²) in [7, 11) is 1.91. The average Bonchev–Trinajstić information content (AvgIpc) is 3.53. The van der Waals surface area contributed by atoms with Gasteiger partial charge in [0.15, 0.2) is 11.2 Å². The van der Waals surface area contributed by atoms with Crippen LogP contribution in [0.25, 0.3) is 22.6 Å². The third kappa shape index (κ3) is 3.91. The van der Waals surface area contributed by atoms with Gasteiger partial charge in [0.05, 0.1) is 6.04 Å². The third-order valence-electron chi connectivity index (χ3n) is 6.80. The van der Waals surface area contributed by atoms with Gasteiger partial charge in [-0.25, -0.2) is 19.7 Å². The minimum absolute atomic E-state index is 0.288. The van der Waals surface area contributed by atoms with E-state index in [1.165, 1.54) is 24.1 Å². The maximum Gasteiger partial charge on any atom is 0.407 e. The zero-order valence-corrected chi connectivity index (χ0v) is 20.1. The van der Waals surface area contributed by atoms with Gasteiger partial charge in [-0.3, -0.25) is 0 Å². The molecule has 2 saturated heterocycles. The fourth-order valence-electron chi connectivity index (χ4n) is 5.25. The van der Waals surface area contributed by atoms with Crippen molar-refractivity contribution in [2.24, 2.45) is 12.5 Å². The highest BCUT2D eigenvalue weighted by molar-refractivity contribution is 5.81. The van der Waals surface area contributed by atoms with Gasteiger partial charge in [-0.05, 0) is 30.4 Å². The molecule has 0 bridgehead atoms. The quantitative estimate of drug-likeness (QED) is 0.623. The number of aryl methyl sites for hydroxylation is 1. The minimum atomic E-state index is -0.927. The molecule has 0 aromatic carbocycles. The van der Waals surface area contributed by atoms with Crippen molar-refractivity contribution in [3.05, 3.63) is 24.7 Å². The summed E-state index contributed by atoms with van der Waals surface area (Å²) in [5.41, 5.74) is 1.82. The van der Waals surface area contributed by atoms with Crippen LogP contribution in [0.5, 0.6) is 5.88 Å². The molecule has 180 valence electrons. The Morgan fingerprint density at radius 3 is 2.53 bits per heavy atom. The fourth-order valence-corrected chi connectivity index (χ4v) is 5.25. The molecular weight excluding hydrogens is 434 g/mol. The summed E-state index contributed by atoms with van der Waals surface area (Å²) in [5.74, 6) is 2.09. The number of fused-ring (bicyclic) bond motifs is 1. The highest BCUT2D eigenvalue weighted by Crippen LogP contribution is 2.36. The molecule has 2 unspecified atom stereocenters. The molecule has 2 aliphatic heterocycles. The van der Waals surface area contributed by atoms with E-state index in [-0.39, 0.29) is 17.6 Å². The number of hydrogen-bond acceptors (Lipinski definition) is 7. The van der Waals surface area contributed by atoms with E-state index in [0.717, 1.165) is 30.3 Å². The predicted molar refractivity (Wildman–Crippen MR) is 128 cm³/mol. The van der Waals surface area contributed by atoms with E-state index in [1.54, 1.807) is 0 Å². The smallest absolute Gasteiger partial charge is 0.407 e. The zero-order valence-electron chi connectivity index (χ0n) is 20.1. The Morgan fingerprint density at radius 1 is 1.12 bits per heavy atom. The van der Waals surface area contributed by atoms with Gasteiger partial charge in [-0.15, -0.1) is 0 Å². The van der Waals surface area contributed by atoms with Crippen molar-refractivity contribution >= 4 is 23.1 Å². The monoisotopic (exact) mass is 465 g/mol. The maximum absolute atomic E-state index is 11.8. The van der Waals surface area contributed by atoms with Gasteiger partial charge < -0.3 is 24.2 Å². The van der Waals surface area contributed by atoms with Crippen LogP contribution in [-0.2, 0) is 7.05 Å². The van der Waals surface area contributed by atoms with Crippen LogP contribution in [0.3, 0.4) is 0 Å². The Bertz CT molecular complexity index is 1200. The fraction of sp³-hybridized carbons (Fsp3) is 0.542. The Hall–Kier alpha value is -3.43. The van der Waals surface area contributed by atoms with Crippen LogP contribution < -0.4 is 9.64 Å². The summed E-state index contributed by atoms with van der Waals surface area (Å²) in [4.78, 5) is 33.9. The topological polar surface area (TPSA) is 110 Å². The number of carbonyl (C=O) groups is 1. The molecule has 1 N–H and O–H groups in total. The highest BCUT2D eigenvalue weighted by atomic mass is 16.5. The van der Waals surface area contributed by atoms with Crippen LogP contribution in [0.4, 0.5) is 10.6 Å². The molecule has 0 saturated carbocycles. The maximum atomic E-state index is 11.8. The van der Waals surface area contributed by atoms with Gasteiger partial charge >= 0.3 is 6.09 Å². The van der Waals surface area contributed by atoms with Crippen molar-refractivity contribution in [3.63, 3.8) is 0 Å². The molecule has 0 spiro atoms.